The molecule has 0 spiro atoms. The number of thioether (sulfide) groups is 1. The molecule has 5 nitrogen and oxygen atoms in total. The van der Waals surface area contributed by atoms with Gasteiger partial charge >= 0.3 is 0 Å². The first-order valence-electron chi connectivity index (χ1n) is 8.21. The molecule has 4 rings (SSSR count). The highest BCUT2D eigenvalue weighted by molar-refractivity contribution is 7.99. The second kappa shape index (κ2) is 7.21. The Morgan fingerprint density at radius 2 is 1.81 bits per heavy atom. The average molecular weight is 365 g/mol. The van der Waals surface area contributed by atoms with Gasteiger partial charge in [-0.05, 0) is 18.6 Å². The lowest BCUT2D eigenvalue weighted by Gasteiger charge is -2.10. The number of halogens is 1. The first kappa shape index (κ1) is 16.7. The molecule has 0 fully saturated rings. The van der Waals surface area contributed by atoms with E-state index in [0.717, 1.165) is 5.03 Å². The lowest BCUT2D eigenvalue weighted by Crippen LogP contribution is -2.04. The molecule has 0 aliphatic carbocycles. The summed E-state index contributed by atoms with van der Waals surface area (Å²) in [6.07, 6.45) is 1.50. The summed E-state index contributed by atoms with van der Waals surface area (Å²) in [5, 5.41) is 9.38. The first-order chi connectivity index (χ1) is 12.7. The van der Waals surface area contributed by atoms with Crippen molar-refractivity contribution in [1.29, 1.82) is 0 Å². The van der Waals surface area contributed by atoms with Crippen LogP contribution in [0.15, 0.2) is 66.0 Å². The predicted octanol–water partition coefficient (Wildman–Crippen LogP) is 4.26. The lowest BCUT2D eigenvalue weighted by atomic mass is 10.2. The van der Waals surface area contributed by atoms with E-state index in [0.29, 0.717) is 16.7 Å². The molecule has 2 heterocycles. The van der Waals surface area contributed by atoms with E-state index in [1.807, 2.05) is 18.2 Å². The minimum atomic E-state index is -0.266. The Hall–Kier alpha value is -2.80. The highest BCUT2D eigenvalue weighted by atomic mass is 32.2. The van der Waals surface area contributed by atoms with Crippen molar-refractivity contribution in [3.63, 3.8) is 0 Å². The van der Waals surface area contributed by atoms with Gasteiger partial charge in [-0.1, -0.05) is 65.5 Å². The Bertz CT molecular complexity index is 1030. The quantitative estimate of drug-likeness (QED) is 0.391. The van der Waals surface area contributed by atoms with Gasteiger partial charge in [-0.3, -0.25) is 0 Å². The Morgan fingerprint density at radius 1 is 1.04 bits per heavy atom. The molecule has 0 aliphatic heterocycles. The van der Waals surface area contributed by atoms with Crippen LogP contribution in [0.25, 0.3) is 11.2 Å². The van der Waals surface area contributed by atoms with Crippen molar-refractivity contribution >= 4 is 22.9 Å². The van der Waals surface area contributed by atoms with Crippen LogP contribution < -0.4 is 0 Å². The molecule has 2 aromatic carbocycles. The number of fused-ring (bicyclic) bond motifs is 1. The summed E-state index contributed by atoms with van der Waals surface area (Å²) in [6, 6.07) is 16.9. The molecular weight excluding hydrogens is 349 g/mol. The lowest BCUT2D eigenvalue weighted by molar-refractivity contribution is 0.582. The maximum absolute atomic E-state index is 13.9. The molecule has 0 amide bonds. The topological polar surface area (TPSA) is 56.5 Å². The zero-order valence-electron chi connectivity index (χ0n) is 14.1. The molecule has 0 saturated carbocycles. The summed E-state index contributed by atoms with van der Waals surface area (Å²) in [5.74, 6) is -0.266. The Balaban J connectivity index is 1.64. The van der Waals surface area contributed by atoms with Crippen LogP contribution in [0.3, 0.4) is 0 Å². The van der Waals surface area contributed by atoms with Crippen LogP contribution in [0.2, 0.25) is 0 Å². The van der Waals surface area contributed by atoms with E-state index in [9.17, 15) is 4.39 Å². The summed E-state index contributed by atoms with van der Waals surface area (Å²) in [7, 11) is 0. The molecule has 1 atom stereocenters. The largest absolute Gasteiger partial charge is 0.227 e. The van der Waals surface area contributed by atoms with Crippen LogP contribution in [0, 0.1) is 5.82 Å². The van der Waals surface area contributed by atoms with Crippen molar-refractivity contribution in [2.45, 2.75) is 23.7 Å². The Kier molecular flexibility index (Phi) is 4.62. The highest BCUT2D eigenvalue weighted by Crippen LogP contribution is 2.35. The van der Waals surface area contributed by atoms with Gasteiger partial charge in [0.25, 0.3) is 0 Å². The minimum absolute atomic E-state index is 0.214. The number of aromatic nitrogens is 5. The van der Waals surface area contributed by atoms with Gasteiger partial charge in [0.2, 0.25) is 0 Å². The molecular formula is C19H16FN5S. The first-order valence-corrected chi connectivity index (χ1v) is 9.09. The fraction of sp³-hybridized carbons (Fsp3) is 0.158. The molecule has 7 heteroatoms. The smallest absolute Gasteiger partial charge is 0.183 e. The minimum Gasteiger partial charge on any atom is -0.227 e. The second-order valence-electron chi connectivity index (χ2n) is 5.86. The number of rotatable bonds is 5. The second-order valence-corrected chi connectivity index (χ2v) is 7.19. The third-order valence-corrected chi connectivity index (χ3v) is 5.25. The van der Waals surface area contributed by atoms with E-state index in [2.05, 4.69) is 39.3 Å². The van der Waals surface area contributed by atoms with Gasteiger partial charge in [-0.25, -0.2) is 19.0 Å². The molecule has 26 heavy (non-hydrogen) atoms. The maximum atomic E-state index is 13.9. The van der Waals surface area contributed by atoms with Gasteiger partial charge in [-0.2, -0.15) is 0 Å². The number of hydrogen-bond acceptors (Lipinski definition) is 5. The van der Waals surface area contributed by atoms with Crippen molar-refractivity contribution in [2.24, 2.45) is 0 Å². The number of benzene rings is 2. The summed E-state index contributed by atoms with van der Waals surface area (Å²) >= 11 is 1.61. The van der Waals surface area contributed by atoms with Crippen molar-refractivity contribution < 1.29 is 4.39 Å². The molecule has 0 radical (unpaired) electrons. The van der Waals surface area contributed by atoms with E-state index in [1.165, 1.54) is 18.0 Å². The van der Waals surface area contributed by atoms with Crippen LogP contribution >= 0.6 is 11.8 Å². The van der Waals surface area contributed by atoms with Crippen LogP contribution in [0.4, 0.5) is 4.39 Å². The van der Waals surface area contributed by atoms with Crippen molar-refractivity contribution in [1.82, 2.24) is 25.0 Å². The van der Waals surface area contributed by atoms with Gasteiger partial charge in [-0.15, -0.1) is 5.10 Å². The monoisotopic (exact) mass is 365 g/mol. The molecule has 4 aromatic rings. The van der Waals surface area contributed by atoms with Gasteiger partial charge in [0.1, 0.15) is 17.2 Å². The van der Waals surface area contributed by atoms with E-state index >= 15 is 0 Å². The van der Waals surface area contributed by atoms with Gasteiger partial charge in [0.15, 0.2) is 11.2 Å². The van der Waals surface area contributed by atoms with Crippen LogP contribution in [0.1, 0.15) is 23.3 Å². The molecule has 2 aromatic heterocycles. The van der Waals surface area contributed by atoms with Crippen LogP contribution in [0.5, 0.6) is 0 Å². The Morgan fingerprint density at radius 3 is 2.62 bits per heavy atom. The average Bonchev–Trinajstić information content (AvgIpc) is 3.08. The summed E-state index contributed by atoms with van der Waals surface area (Å²) in [5.41, 5.74) is 3.00. The summed E-state index contributed by atoms with van der Waals surface area (Å²) in [6.45, 7) is 2.40. The SMILES string of the molecule is CC(Sc1ncnc2c1nnn2Cc1ccccc1F)c1ccccc1. The molecule has 0 N–H and O–H groups in total. The van der Waals surface area contributed by atoms with Crippen molar-refractivity contribution in [2.75, 3.05) is 0 Å². The molecule has 0 bridgehead atoms. The third kappa shape index (κ3) is 3.30. The van der Waals surface area contributed by atoms with Gasteiger partial charge in [0.05, 0.1) is 6.54 Å². The van der Waals surface area contributed by atoms with E-state index in [4.69, 9.17) is 0 Å². The molecule has 0 saturated heterocycles. The summed E-state index contributed by atoms with van der Waals surface area (Å²) in [4.78, 5) is 8.67. The molecule has 1 unspecified atom stereocenters. The predicted molar refractivity (Wildman–Crippen MR) is 99.3 cm³/mol. The van der Waals surface area contributed by atoms with Crippen molar-refractivity contribution in [3.8, 4) is 0 Å². The standard InChI is InChI=1S/C19H16FN5S/c1-13(14-7-3-2-4-8-14)26-19-17-18(21-12-22-19)25(24-23-17)11-15-9-5-6-10-16(15)20/h2-10,12-13H,11H2,1H3. The third-order valence-electron chi connectivity index (χ3n) is 4.10. The number of nitrogens with zero attached hydrogens (tertiary/aromatic N) is 5. The molecule has 130 valence electrons. The van der Waals surface area contributed by atoms with Crippen LogP contribution in [-0.2, 0) is 6.54 Å². The fourth-order valence-electron chi connectivity index (χ4n) is 2.71. The maximum Gasteiger partial charge on any atom is 0.183 e. The Labute approximate surface area is 154 Å². The highest BCUT2D eigenvalue weighted by Gasteiger charge is 2.16. The zero-order chi connectivity index (χ0) is 17.9. The van der Waals surface area contributed by atoms with E-state index in [1.54, 1.807) is 34.6 Å². The zero-order valence-corrected chi connectivity index (χ0v) is 14.9. The molecule has 0 aliphatic rings. The van der Waals surface area contributed by atoms with Crippen LogP contribution in [-0.4, -0.2) is 25.0 Å². The summed E-state index contributed by atoms with van der Waals surface area (Å²) < 4.78 is 15.5. The fourth-order valence-corrected chi connectivity index (χ4v) is 3.69. The van der Waals surface area contributed by atoms with Crippen molar-refractivity contribution in [3.05, 3.63) is 77.9 Å². The van der Waals surface area contributed by atoms with Gasteiger partial charge in [0, 0.05) is 10.8 Å². The van der Waals surface area contributed by atoms with E-state index < -0.39 is 0 Å². The van der Waals surface area contributed by atoms with E-state index in [-0.39, 0.29) is 17.6 Å². The van der Waals surface area contributed by atoms with Gasteiger partial charge < -0.3 is 0 Å². The number of hydrogen-bond donors (Lipinski definition) is 0. The normalized spacial score (nSPS) is 12.4.